The maximum atomic E-state index is 13.0. The predicted molar refractivity (Wildman–Crippen MR) is 101 cm³/mol. The molecule has 0 atom stereocenters. The summed E-state index contributed by atoms with van der Waals surface area (Å²) >= 11 is 0. The number of anilines is 1. The fourth-order valence-corrected chi connectivity index (χ4v) is 2.71. The topological polar surface area (TPSA) is 81.4 Å². The van der Waals surface area contributed by atoms with Crippen molar-refractivity contribution in [3.63, 3.8) is 0 Å². The Balaban J connectivity index is 1.61. The average Bonchev–Trinajstić information content (AvgIpc) is 3.17. The molecule has 0 aliphatic rings. The molecule has 0 spiro atoms. The van der Waals surface area contributed by atoms with E-state index in [0.717, 1.165) is 0 Å². The second kappa shape index (κ2) is 8.47. The summed E-state index contributed by atoms with van der Waals surface area (Å²) in [5, 5.41) is 2.79. The molecule has 0 radical (unpaired) electrons. The number of hydrogen-bond acceptors (Lipinski definition) is 5. The molecule has 0 aliphatic heterocycles. The van der Waals surface area contributed by atoms with Gasteiger partial charge in [-0.3, -0.25) is 4.79 Å². The molecule has 28 heavy (non-hydrogen) atoms. The van der Waals surface area contributed by atoms with E-state index in [1.165, 1.54) is 19.2 Å². The number of carbonyl (C=O) groups excluding carboxylic acids is 2. The fourth-order valence-electron chi connectivity index (χ4n) is 2.71. The molecule has 1 amide bonds. The fraction of sp³-hybridized carbons (Fsp3) is 0.190. The molecule has 0 bridgehead atoms. The Morgan fingerprint density at radius 3 is 2.64 bits per heavy atom. The molecule has 0 aliphatic carbocycles. The van der Waals surface area contributed by atoms with Crippen LogP contribution in [0.1, 0.15) is 28.2 Å². The monoisotopic (exact) mass is 382 g/mol. The first kappa shape index (κ1) is 19.3. The second-order valence-electron chi connectivity index (χ2n) is 6.14. The third-order valence-electron chi connectivity index (χ3n) is 4.26. The van der Waals surface area contributed by atoms with Crippen molar-refractivity contribution in [2.75, 3.05) is 12.4 Å². The van der Waals surface area contributed by atoms with Crippen molar-refractivity contribution in [2.24, 2.45) is 0 Å². The molecule has 1 aromatic heterocycles. The number of halogens is 1. The molecule has 144 valence electrons. The highest BCUT2D eigenvalue weighted by atomic mass is 19.1. The van der Waals surface area contributed by atoms with Crippen molar-refractivity contribution in [1.82, 2.24) is 4.98 Å². The number of esters is 1. The van der Waals surface area contributed by atoms with Crippen LogP contribution >= 0.6 is 0 Å². The molecule has 0 unspecified atom stereocenters. The Labute approximate surface area is 161 Å². The van der Waals surface area contributed by atoms with Crippen LogP contribution in [0.4, 0.5) is 10.1 Å². The van der Waals surface area contributed by atoms with Crippen molar-refractivity contribution >= 4 is 17.6 Å². The Morgan fingerprint density at radius 1 is 1.18 bits per heavy atom. The molecule has 0 fully saturated rings. The predicted octanol–water partition coefficient (Wildman–Crippen LogP) is 4.15. The van der Waals surface area contributed by atoms with Crippen LogP contribution in [-0.4, -0.2) is 24.0 Å². The number of carbonyl (C=O) groups is 2. The molecule has 2 aromatic carbocycles. The lowest BCUT2D eigenvalue weighted by Gasteiger charge is -2.11. The standard InChI is InChI=1S/C21H19FN2O4/c1-13-16(21(26)27-2)4-3-5-17(13)24-19(25)10-11-20-23-12-18(28-20)14-6-8-15(22)9-7-14/h3-9,12H,10-11H2,1-2H3,(H,24,25). The second-order valence-corrected chi connectivity index (χ2v) is 6.14. The van der Waals surface area contributed by atoms with E-state index in [1.54, 1.807) is 43.5 Å². The third-order valence-corrected chi connectivity index (χ3v) is 4.26. The van der Waals surface area contributed by atoms with Crippen LogP contribution in [0.15, 0.2) is 53.1 Å². The number of benzene rings is 2. The molecule has 1 N–H and O–H groups in total. The Kier molecular flexibility index (Phi) is 5.84. The van der Waals surface area contributed by atoms with Crippen molar-refractivity contribution in [3.05, 3.63) is 71.5 Å². The van der Waals surface area contributed by atoms with Gasteiger partial charge in [0, 0.05) is 24.1 Å². The van der Waals surface area contributed by atoms with Gasteiger partial charge in [-0.1, -0.05) is 6.07 Å². The van der Waals surface area contributed by atoms with E-state index in [0.29, 0.717) is 40.4 Å². The number of amides is 1. The van der Waals surface area contributed by atoms with Crippen LogP contribution < -0.4 is 5.32 Å². The zero-order valence-corrected chi connectivity index (χ0v) is 15.5. The third kappa shape index (κ3) is 4.43. The zero-order valence-electron chi connectivity index (χ0n) is 15.5. The van der Waals surface area contributed by atoms with Gasteiger partial charge < -0.3 is 14.5 Å². The van der Waals surface area contributed by atoms with Crippen LogP contribution in [0, 0.1) is 12.7 Å². The van der Waals surface area contributed by atoms with Crippen LogP contribution in [0.3, 0.4) is 0 Å². The number of ether oxygens (including phenoxy) is 1. The van der Waals surface area contributed by atoms with Gasteiger partial charge in [-0.2, -0.15) is 0 Å². The van der Waals surface area contributed by atoms with Crippen LogP contribution in [0.5, 0.6) is 0 Å². The van der Waals surface area contributed by atoms with Gasteiger partial charge in [-0.15, -0.1) is 0 Å². The van der Waals surface area contributed by atoms with Gasteiger partial charge in [0.1, 0.15) is 5.82 Å². The first-order valence-corrected chi connectivity index (χ1v) is 8.66. The highest BCUT2D eigenvalue weighted by molar-refractivity contribution is 5.96. The summed E-state index contributed by atoms with van der Waals surface area (Å²) in [5.74, 6) is -0.0911. The van der Waals surface area contributed by atoms with Gasteiger partial charge in [-0.05, 0) is 48.9 Å². The van der Waals surface area contributed by atoms with E-state index in [4.69, 9.17) is 9.15 Å². The van der Waals surface area contributed by atoms with Crippen molar-refractivity contribution in [3.8, 4) is 11.3 Å². The lowest BCUT2D eigenvalue weighted by molar-refractivity contribution is -0.116. The number of rotatable bonds is 6. The molecule has 6 nitrogen and oxygen atoms in total. The van der Waals surface area contributed by atoms with Crippen molar-refractivity contribution in [1.29, 1.82) is 0 Å². The molecule has 1 heterocycles. The van der Waals surface area contributed by atoms with Crippen LogP contribution in [0.25, 0.3) is 11.3 Å². The SMILES string of the molecule is COC(=O)c1cccc(NC(=O)CCc2ncc(-c3ccc(F)cc3)o2)c1C. The average molecular weight is 382 g/mol. The number of aryl methyl sites for hydroxylation is 1. The Morgan fingerprint density at radius 2 is 1.93 bits per heavy atom. The number of nitrogens with zero attached hydrogens (tertiary/aromatic N) is 1. The summed E-state index contributed by atoms with van der Waals surface area (Å²) in [6, 6.07) is 10.9. The van der Waals surface area contributed by atoms with Crippen molar-refractivity contribution < 1.29 is 23.1 Å². The summed E-state index contributed by atoms with van der Waals surface area (Å²) in [4.78, 5) is 28.2. The van der Waals surface area contributed by atoms with Gasteiger partial charge in [0.05, 0.1) is 18.9 Å². The smallest absolute Gasteiger partial charge is 0.338 e. The minimum absolute atomic E-state index is 0.158. The van der Waals surface area contributed by atoms with Gasteiger partial charge in [0.15, 0.2) is 11.7 Å². The Hall–Kier alpha value is -3.48. The molecule has 3 rings (SSSR count). The minimum Gasteiger partial charge on any atom is -0.465 e. The van der Waals surface area contributed by atoms with Gasteiger partial charge in [0.2, 0.25) is 5.91 Å². The number of aromatic nitrogens is 1. The van der Waals surface area contributed by atoms with E-state index in [9.17, 15) is 14.0 Å². The summed E-state index contributed by atoms with van der Waals surface area (Å²) in [6.45, 7) is 1.74. The normalized spacial score (nSPS) is 10.5. The minimum atomic E-state index is -0.457. The number of hydrogen-bond donors (Lipinski definition) is 1. The first-order valence-electron chi connectivity index (χ1n) is 8.66. The van der Waals surface area contributed by atoms with Gasteiger partial charge >= 0.3 is 5.97 Å². The van der Waals surface area contributed by atoms with Crippen molar-refractivity contribution in [2.45, 2.75) is 19.8 Å². The van der Waals surface area contributed by atoms with Gasteiger partial charge in [-0.25, -0.2) is 14.2 Å². The number of nitrogens with one attached hydrogen (secondary N) is 1. The van der Waals surface area contributed by atoms with E-state index >= 15 is 0 Å². The maximum absolute atomic E-state index is 13.0. The number of oxazole rings is 1. The quantitative estimate of drug-likeness (QED) is 0.648. The molecule has 0 saturated carbocycles. The summed E-state index contributed by atoms with van der Waals surface area (Å²) in [6.07, 6.45) is 2.01. The zero-order chi connectivity index (χ0) is 20.1. The maximum Gasteiger partial charge on any atom is 0.338 e. The molecular weight excluding hydrogens is 363 g/mol. The lowest BCUT2D eigenvalue weighted by Crippen LogP contribution is -2.14. The van der Waals surface area contributed by atoms with Crippen LogP contribution in [-0.2, 0) is 16.0 Å². The van der Waals surface area contributed by atoms with E-state index in [2.05, 4.69) is 10.3 Å². The van der Waals surface area contributed by atoms with Gasteiger partial charge in [0.25, 0.3) is 0 Å². The summed E-state index contributed by atoms with van der Waals surface area (Å²) in [7, 11) is 1.31. The van der Waals surface area contributed by atoms with E-state index in [1.807, 2.05) is 0 Å². The highest BCUT2D eigenvalue weighted by Gasteiger charge is 2.14. The summed E-state index contributed by atoms with van der Waals surface area (Å²) in [5.41, 5.74) is 2.29. The molecule has 0 saturated heterocycles. The molecular formula is C21H19FN2O4. The largest absolute Gasteiger partial charge is 0.465 e. The van der Waals surface area contributed by atoms with Crippen LogP contribution in [0.2, 0.25) is 0 Å². The number of methoxy groups -OCH3 is 1. The van der Waals surface area contributed by atoms with E-state index < -0.39 is 5.97 Å². The Bertz CT molecular complexity index is 996. The molecule has 3 aromatic rings. The summed E-state index contributed by atoms with van der Waals surface area (Å²) < 4.78 is 23.4. The first-order chi connectivity index (χ1) is 13.5. The highest BCUT2D eigenvalue weighted by Crippen LogP contribution is 2.22. The molecule has 7 heteroatoms. The van der Waals surface area contributed by atoms with E-state index in [-0.39, 0.29) is 18.1 Å². The lowest BCUT2D eigenvalue weighted by atomic mass is 10.1.